The largest absolute Gasteiger partial charge is 0.490 e. The predicted octanol–water partition coefficient (Wildman–Crippen LogP) is 4.96. The number of pyridine rings is 1. The second kappa shape index (κ2) is 9.15. The van der Waals surface area contributed by atoms with Crippen molar-refractivity contribution in [1.29, 1.82) is 0 Å². The molecule has 33 heavy (non-hydrogen) atoms. The average Bonchev–Trinajstić information content (AvgIpc) is 3.17. The number of nitrogens with two attached hydrogens (primary N) is 1. The lowest BCUT2D eigenvalue weighted by molar-refractivity contribution is -0.0164. The highest BCUT2D eigenvalue weighted by Crippen LogP contribution is 2.35. The number of rotatable bonds is 8. The summed E-state index contributed by atoms with van der Waals surface area (Å²) in [7, 11) is 0. The van der Waals surface area contributed by atoms with Gasteiger partial charge in [0.05, 0.1) is 12.2 Å². The van der Waals surface area contributed by atoms with E-state index >= 15 is 4.39 Å². The Kier molecular flexibility index (Phi) is 6.29. The fourth-order valence-electron chi connectivity index (χ4n) is 4.13. The van der Waals surface area contributed by atoms with E-state index in [0.29, 0.717) is 35.2 Å². The van der Waals surface area contributed by atoms with E-state index in [1.54, 1.807) is 55.6 Å². The molecule has 0 aliphatic heterocycles. The maximum Gasteiger partial charge on any atom is 0.240 e. The van der Waals surface area contributed by atoms with Gasteiger partial charge in [0.1, 0.15) is 5.82 Å². The Morgan fingerprint density at radius 3 is 2.64 bits per heavy atom. The average molecular weight is 453 g/mol. The molecule has 0 saturated carbocycles. The zero-order valence-corrected chi connectivity index (χ0v) is 18.5. The number of halogens is 2. The van der Waals surface area contributed by atoms with E-state index in [9.17, 15) is 9.50 Å². The summed E-state index contributed by atoms with van der Waals surface area (Å²) in [6.07, 6.45) is 2.84. The molecule has 0 amide bonds. The zero-order valence-electron chi connectivity index (χ0n) is 18.5. The summed E-state index contributed by atoms with van der Waals surface area (Å²) in [6.45, 7) is 3.90. The summed E-state index contributed by atoms with van der Waals surface area (Å²) < 4.78 is 35.8. The standard InChI is InChI=1S/C25H26F2N4O2/c1-3-17(25(2,32)18-7-9-19(26)10-8-18)12-14-33-21-6-4-5-20(23(21)27)16-11-13-31-22(15-16)29-24(28)30-31/h4-11,13,15,17,32H,3,12,14H2,1-2H3,(H2,28,30). The van der Waals surface area contributed by atoms with Crippen LogP contribution >= 0.6 is 0 Å². The van der Waals surface area contributed by atoms with Crippen molar-refractivity contribution < 1.29 is 18.6 Å². The van der Waals surface area contributed by atoms with Crippen molar-refractivity contribution in [3.05, 3.63) is 78.0 Å². The number of hydrogen-bond acceptors (Lipinski definition) is 5. The van der Waals surface area contributed by atoms with Crippen molar-refractivity contribution in [3.8, 4) is 16.9 Å². The smallest absolute Gasteiger partial charge is 0.240 e. The lowest BCUT2D eigenvalue weighted by Crippen LogP contribution is -2.32. The number of fused-ring (bicyclic) bond motifs is 1. The number of nitrogen functional groups attached to an aromatic ring is 1. The molecule has 0 aliphatic carbocycles. The van der Waals surface area contributed by atoms with E-state index in [1.165, 1.54) is 16.6 Å². The van der Waals surface area contributed by atoms with E-state index < -0.39 is 11.4 Å². The van der Waals surface area contributed by atoms with Gasteiger partial charge in [-0.15, -0.1) is 5.10 Å². The first-order valence-corrected chi connectivity index (χ1v) is 10.8. The Hall–Kier alpha value is -3.52. The fraction of sp³-hybridized carbons (Fsp3) is 0.280. The molecule has 8 heteroatoms. The van der Waals surface area contributed by atoms with Crippen molar-refractivity contribution >= 4 is 11.6 Å². The van der Waals surface area contributed by atoms with Gasteiger partial charge in [-0.25, -0.2) is 13.3 Å². The molecule has 0 spiro atoms. The molecule has 3 N–H and O–H groups in total. The Morgan fingerprint density at radius 2 is 1.91 bits per heavy atom. The van der Waals surface area contributed by atoms with Crippen LogP contribution in [0.3, 0.4) is 0 Å². The Morgan fingerprint density at radius 1 is 1.15 bits per heavy atom. The lowest BCUT2D eigenvalue weighted by atomic mass is 9.79. The summed E-state index contributed by atoms with van der Waals surface area (Å²) >= 11 is 0. The van der Waals surface area contributed by atoms with Gasteiger partial charge in [-0.3, -0.25) is 0 Å². The third kappa shape index (κ3) is 4.66. The minimum absolute atomic E-state index is 0.129. The van der Waals surface area contributed by atoms with Crippen molar-refractivity contribution in [2.45, 2.75) is 32.3 Å². The zero-order chi connectivity index (χ0) is 23.6. The van der Waals surface area contributed by atoms with Crippen LogP contribution in [0.25, 0.3) is 16.8 Å². The van der Waals surface area contributed by atoms with Gasteiger partial charge in [-0.2, -0.15) is 4.98 Å². The molecule has 4 rings (SSSR count). The van der Waals surface area contributed by atoms with Crippen molar-refractivity contribution in [1.82, 2.24) is 14.6 Å². The quantitative estimate of drug-likeness (QED) is 0.395. The molecule has 0 bridgehead atoms. The van der Waals surface area contributed by atoms with E-state index in [1.807, 2.05) is 6.92 Å². The highest BCUT2D eigenvalue weighted by molar-refractivity contribution is 5.69. The Labute approximate surface area is 190 Å². The van der Waals surface area contributed by atoms with Gasteiger partial charge in [0.15, 0.2) is 17.2 Å². The van der Waals surface area contributed by atoms with Crippen LogP contribution in [-0.2, 0) is 5.60 Å². The van der Waals surface area contributed by atoms with Gasteiger partial charge in [-0.05, 0) is 60.7 Å². The van der Waals surface area contributed by atoms with Crippen LogP contribution in [0, 0.1) is 17.6 Å². The summed E-state index contributed by atoms with van der Waals surface area (Å²) in [5.41, 5.74) is 6.62. The number of ether oxygens (including phenoxy) is 1. The van der Waals surface area contributed by atoms with Gasteiger partial charge >= 0.3 is 0 Å². The molecule has 0 radical (unpaired) electrons. The first-order valence-electron chi connectivity index (χ1n) is 10.8. The first-order chi connectivity index (χ1) is 15.8. The number of aromatic nitrogens is 3. The van der Waals surface area contributed by atoms with E-state index in [0.717, 1.165) is 0 Å². The third-order valence-corrected chi connectivity index (χ3v) is 6.07. The van der Waals surface area contributed by atoms with Crippen LogP contribution in [0.1, 0.15) is 32.3 Å². The van der Waals surface area contributed by atoms with Crippen LogP contribution in [0.5, 0.6) is 5.75 Å². The molecule has 2 aromatic carbocycles. The molecule has 172 valence electrons. The number of hydrogen-bond donors (Lipinski definition) is 2. The van der Waals surface area contributed by atoms with Crippen LogP contribution in [0.4, 0.5) is 14.7 Å². The second-order valence-corrected chi connectivity index (χ2v) is 8.20. The van der Waals surface area contributed by atoms with E-state index in [2.05, 4.69) is 10.1 Å². The SMILES string of the molecule is CCC(CCOc1cccc(-c2ccn3nc(N)nc3c2)c1F)C(C)(O)c1ccc(F)cc1. The molecule has 2 unspecified atom stereocenters. The predicted molar refractivity (Wildman–Crippen MR) is 123 cm³/mol. The molecule has 4 aromatic rings. The van der Waals surface area contributed by atoms with Gasteiger partial charge in [0, 0.05) is 11.8 Å². The lowest BCUT2D eigenvalue weighted by Gasteiger charge is -2.33. The molecular weight excluding hydrogens is 426 g/mol. The third-order valence-electron chi connectivity index (χ3n) is 6.07. The van der Waals surface area contributed by atoms with Crippen molar-refractivity contribution in [2.24, 2.45) is 5.92 Å². The Balaban J connectivity index is 1.48. The van der Waals surface area contributed by atoms with Crippen LogP contribution < -0.4 is 10.5 Å². The van der Waals surface area contributed by atoms with Crippen LogP contribution in [0.15, 0.2) is 60.8 Å². The van der Waals surface area contributed by atoms with Crippen LogP contribution in [-0.4, -0.2) is 26.3 Å². The first kappa shape index (κ1) is 22.7. The van der Waals surface area contributed by atoms with Gasteiger partial charge in [0.2, 0.25) is 5.95 Å². The maximum atomic E-state index is 15.2. The minimum atomic E-state index is -1.16. The fourth-order valence-corrected chi connectivity index (χ4v) is 4.13. The van der Waals surface area contributed by atoms with Gasteiger partial charge in [0.25, 0.3) is 0 Å². The summed E-state index contributed by atoms with van der Waals surface area (Å²) in [5, 5.41) is 15.1. The molecule has 6 nitrogen and oxygen atoms in total. The van der Waals surface area contributed by atoms with Crippen molar-refractivity contribution in [2.75, 3.05) is 12.3 Å². The normalized spacial score (nSPS) is 14.2. The van der Waals surface area contributed by atoms with Gasteiger partial charge < -0.3 is 15.6 Å². The van der Waals surface area contributed by atoms with E-state index in [4.69, 9.17) is 10.5 Å². The summed E-state index contributed by atoms with van der Waals surface area (Å²) in [4.78, 5) is 4.11. The van der Waals surface area contributed by atoms with Gasteiger partial charge in [-0.1, -0.05) is 37.6 Å². The summed E-state index contributed by atoms with van der Waals surface area (Å²) in [5.74, 6) is -0.716. The highest BCUT2D eigenvalue weighted by Gasteiger charge is 2.32. The van der Waals surface area contributed by atoms with Crippen LogP contribution in [0.2, 0.25) is 0 Å². The molecule has 2 aromatic heterocycles. The number of aliphatic hydroxyl groups is 1. The molecule has 0 saturated heterocycles. The molecule has 0 aliphatic rings. The summed E-state index contributed by atoms with van der Waals surface area (Å²) in [6, 6.07) is 14.2. The Bertz CT molecular complexity index is 1260. The number of anilines is 1. The molecular formula is C25H26F2N4O2. The number of benzene rings is 2. The van der Waals surface area contributed by atoms with Crippen molar-refractivity contribution in [3.63, 3.8) is 0 Å². The minimum Gasteiger partial charge on any atom is -0.490 e. The molecule has 0 fully saturated rings. The van der Waals surface area contributed by atoms with E-state index in [-0.39, 0.29) is 30.0 Å². The second-order valence-electron chi connectivity index (χ2n) is 8.20. The monoisotopic (exact) mass is 452 g/mol. The molecule has 2 heterocycles. The topological polar surface area (TPSA) is 85.7 Å². The maximum absolute atomic E-state index is 15.2. The molecule has 2 atom stereocenters. The highest BCUT2D eigenvalue weighted by atomic mass is 19.1. The number of nitrogens with zero attached hydrogens (tertiary/aromatic N) is 3.